The average molecular weight is 602 g/mol. The molecule has 1 amide bonds. The van der Waals surface area contributed by atoms with Gasteiger partial charge in [-0.25, -0.2) is 4.79 Å². The number of anilines is 1. The molecule has 42 heavy (non-hydrogen) atoms. The van der Waals surface area contributed by atoms with E-state index in [4.69, 9.17) is 16.3 Å². The van der Waals surface area contributed by atoms with Crippen LogP contribution in [0.2, 0.25) is 5.02 Å². The molecule has 0 aliphatic carbocycles. The minimum atomic E-state index is -4.52. The Kier molecular flexibility index (Phi) is 7.70. The van der Waals surface area contributed by atoms with E-state index in [2.05, 4.69) is 10.4 Å². The Labute approximate surface area is 239 Å². The molecule has 5 rings (SSSR count). The number of alkyl halides is 6. The van der Waals surface area contributed by atoms with Crippen molar-refractivity contribution in [1.82, 2.24) is 9.78 Å². The highest BCUT2D eigenvalue weighted by atomic mass is 35.5. The Bertz CT molecular complexity index is 1700. The molecule has 1 aromatic heterocycles. The summed E-state index contributed by atoms with van der Waals surface area (Å²) < 4.78 is 84.2. The number of rotatable bonds is 5. The summed E-state index contributed by atoms with van der Waals surface area (Å²) in [6.07, 6.45) is -8.98. The van der Waals surface area contributed by atoms with Gasteiger partial charge in [0.1, 0.15) is 11.5 Å². The van der Waals surface area contributed by atoms with Crippen LogP contribution in [0.1, 0.15) is 11.1 Å². The summed E-state index contributed by atoms with van der Waals surface area (Å²) in [7, 11) is 0. The predicted octanol–water partition coefficient (Wildman–Crippen LogP) is 9.78. The average Bonchev–Trinajstić information content (AvgIpc) is 3.40. The number of aromatic nitrogens is 2. The lowest BCUT2D eigenvalue weighted by atomic mass is 10.1. The van der Waals surface area contributed by atoms with Crippen LogP contribution in [-0.4, -0.2) is 15.8 Å². The van der Waals surface area contributed by atoms with Gasteiger partial charge in [-0.05, 0) is 78.9 Å². The van der Waals surface area contributed by atoms with Crippen LogP contribution in [-0.2, 0) is 12.4 Å². The number of carbonyl (C=O) groups is 1. The van der Waals surface area contributed by atoms with E-state index in [1.165, 1.54) is 48.5 Å². The molecular formula is C30H18ClF6N3O2. The smallest absolute Gasteiger partial charge is 0.416 e. The van der Waals surface area contributed by atoms with Crippen LogP contribution in [0.25, 0.3) is 22.5 Å². The maximum atomic E-state index is 13.3. The second kappa shape index (κ2) is 11.2. The molecule has 0 atom stereocenters. The molecule has 0 fully saturated rings. The standard InChI is InChI=1S/C30H18ClF6N3O2/c31-22-9-3-18(4-10-22)26-17-27(19-1-5-20(6-2-19)29(32,33)34)40(39-26)28(41)38-23-11-15-25(16-12-23)42-24-13-7-21(8-14-24)30(35,36)37/h1-17H,(H,38,41). The van der Waals surface area contributed by atoms with Crippen molar-refractivity contribution in [3.8, 4) is 34.0 Å². The van der Waals surface area contributed by atoms with Crippen molar-refractivity contribution < 1.29 is 35.9 Å². The van der Waals surface area contributed by atoms with E-state index < -0.39 is 29.5 Å². The second-order valence-corrected chi connectivity index (χ2v) is 9.42. The van der Waals surface area contributed by atoms with E-state index in [0.717, 1.165) is 28.9 Å². The maximum Gasteiger partial charge on any atom is 0.416 e. The number of amides is 1. The van der Waals surface area contributed by atoms with Gasteiger partial charge in [-0.15, -0.1) is 0 Å². The zero-order valence-corrected chi connectivity index (χ0v) is 21.9. The summed E-state index contributed by atoms with van der Waals surface area (Å²) in [5, 5.41) is 7.55. The Morgan fingerprint density at radius 1 is 0.690 bits per heavy atom. The van der Waals surface area contributed by atoms with E-state index in [-0.39, 0.29) is 11.4 Å². The normalized spacial score (nSPS) is 11.8. The molecule has 0 saturated heterocycles. The summed E-state index contributed by atoms with van der Waals surface area (Å²) in [4.78, 5) is 13.3. The molecule has 5 nitrogen and oxygen atoms in total. The van der Waals surface area contributed by atoms with Gasteiger partial charge in [-0.1, -0.05) is 35.9 Å². The van der Waals surface area contributed by atoms with Crippen LogP contribution < -0.4 is 10.1 Å². The largest absolute Gasteiger partial charge is 0.457 e. The topological polar surface area (TPSA) is 56.1 Å². The number of hydrogen-bond donors (Lipinski definition) is 1. The number of halogens is 7. The molecule has 4 aromatic carbocycles. The van der Waals surface area contributed by atoms with Crippen LogP contribution in [0.4, 0.5) is 36.8 Å². The van der Waals surface area contributed by atoms with Gasteiger partial charge in [0, 0.05) is 21.8 Å². The lowest BCUT2D eigenvalue weighted by Crippen LogP contribution is -2.21. The lowest BCUT2D eigenvalue weighted by molar-refractivity contribution is -0.138. The van der Waals surface area contributed by atoms with Gasteiger partial charge < -0.3 is 10.1 Å². The van der Waals surface area contributed by atoms with Crippen molar-refractivity contribution >= 4 is 23.3 Å². The first-order valence-corrected chi connectivity index (χ1v) is 12.5. The molecule has 0 bridgehead atoms. The lowest BCUT2D eigenvalue weighted by Gasteiger charge is -2.11. The quantitative estimate of drug-likeness (QED) is 0.204. The molecule has 0 aliphatic heterocycles. The molecule has 0 unspecified atom stereocenters. The Morgan fingerprint density at radius 2 is 1.17 bits per heavy atom. The van der Waals surface area contributed by atoms with Gasteiger partial charge in [0.2, 0.25) is 0 Å². The van der Waals surface area contributed by atoms with Gasteiger partial charge >= 0.3 is 18.4 Å². The molecule has 1 heterocycles. The SMILES string of the molecule is O=C(Nc1ccc(Oc2ccc(C(F)(F)F)cc2)cc1)n1nc(-c2ccc(Cl)cc2)cc1-c1ccc(C(F)(F)F)cc1. The summed E-state index contributed by atoms with van der Waals surface area (Å²) in [5.41, 5.74) is 0.280. The fourth-order valence-corrected chi connectivity index (χ4v) is 4.09. The zero-order valence-electron chi connectivity index (χ0n) is 21.2. The number of nitrogens with zero attached hydrogens (tertiary/aromatic N) is 2. The summed E-state index contributed by atoms with van der Waals surface area (Å²) >= 11 is 5.97. The third-order valence-corrected chi connectivity index (χ3v) is 6.32. The van der Waals surface area contributed by atoms with Crippen molar-refractivity contribution in [2.75, 3.05) is 5.32 Å². The highest BCUT2D eigenvalue weighted by Gasteiger charge is 2.31. The molecule has 214 valence electrons. The van der Waals surface area contributed by atoms with E-state index in [9.17, 15) is 31.1 Å². The Morgan fingerprint density at radius 3 is 1.69 bits per heavy atom. The van der Waals surface area contributed by atoms with Gasteiger partial charge in [-0.3, -0.25) is 0 Å². The minimum Gasteiger partial charge on any atom is -0.457 e. The molecule has 5 aromatic rings. The molecular weight excluding hydrogens is 584 g/mol. The van der Waals surface area contributed by atoms with Crippen molar-refractivity contribution in [3.05, 3.63) is 119 Å². The highest BCUT2D eigenvalue weighted by molar-refractivity contribution is 6.30. The molecule has 1 N–H and O–H groups in total. The van der Waals surface area contributed by atoms with Gasteiger partial charge in [0.25, 0.3) is 0 Å². The van der Waals surface area contributed by atoms with Gasteiger partial charge in [0.15, 0.2) is 0 Å². The molecule has 12 heteroatoms. The van der Waals surface area contributed by atoms with Crippen LogP contribution in [0, 0.1) is 0 Å². The molecule has 0 saturated carbocycles. The zero-order chi connectivity index (χ0) is 30.1. The third kappa shape index (κ3) is 6.58. The number of benzene rings is 4. The number of hydrogen-bond acceptors (Lipinski definition) is 3. The number of carbonyl (C=O) groups excluding carboxylic acids is 1. The number of ether oxygens (including phenoxy) is 1. The number of nitrogens with one attached hydrogen (secondary N) is 1. The fourth-order valence-electron chi connectivity index (χ4n) is 3.96. The molecule has 0 aliphatic rings. The van der Waals surface area contributed by atoms with Crippen molar-refractivity contribution in [2.45, 2.75) is 12.4 Å². The van der Waals surface area contributed by atoms with Gasteiger partial charge in [0.05, 0.1) is 22.5 Å². The first-order valence-electron chi connectivity index (χ1n) is 12.2. The third-order valence-electron chi connectivity index (χ3n) is 6.07. The van der Waals surface area contributed by atoms with Crippen molar-refractivity contribution in [3.63, 3.8) is 0 Å². The van der Waals surface area contributed by atoms with E-state index >= 15 is 0 Å². The monoisotopic (exact) mass is 601 g/mol. The van der Waals surface area contributed by atoms with E-state index in [0.29, 0.717) is 33.3 Å². The Hall–Kier alpha value is -4.77. The van der Waals surface area contributed by atoms with Crippen LogP contribution >= 0.6 is 11.6 Å². The van der Waals surface area contributed by atoms with Crippen molar-refractivity contribution in [2.24, 2.45) is 0 Å². The first-order chi connectivity index (χ1) is 19.9. The molecule has 0 spiro atoms. The minimum absolute atomic E-state index is 0.187. The Balaban J connectivity index is 1.38. The van der Waals surface area contributed by atoms with E-state index in [1.807, 2.05) is 0 Å². The van der Waals surface area contributed by atoms with Crippen LogP contribution in [0.3, 0.4) is 0 Å². The van der Waals surface area contributed by atoms with E-state index in [1.54, 1.807) is 30.3 Å². The predicted molar refractivity (Wildman–Crippen MR) is 145 cm³/mol. The maximum absolute atomic E-state index is 13.3. The molecule has 0 radical (unpaired) electrons. The highest BCUT2D eigenvalue weighted by Crippen LogP contribution is 2.34. The fraction of sp³-hybridized carbons (Fsp3) is 0.0667. The summed E-state index contributed by atoms with van der Waals surface area (Å²) in [6.45, 7) is 0. The second-order valence-electron chi connectivity index (χ2n) is 8.99. The summed E-state index contributed by atoms with van der Waals surface area (Å²) in [5.74, 6) is 0.495. The first kappa shape index (κ1) is 28.7. The van der Waals surface area contributed by atoms with Crippen LogP contribution in [0.5, 0.6) is 11.5 Å². The van der Waals surface area contributed by atoms with Gasteiger partial charge in [-0.2, -0.15) is 36.1 Å². The summed E-state index contributed by atoms with van der Waals surface area (Å²) in [6, 6.07) is 22.1. The van der Waals surface area contributed by atoms with Crippen LogP contribution in [0.15, 0.2) is 103 Å². The van der Waals surface area contributed by atoms with Crippen molar-refractivity contribution in [1.29, 1.82) is 0 Å².